The summed E-state index contributed by atoms with van der Waals surface area (Å²) >= 11 is 11.4. The number of carbonyl (C=O) groups is 1. The van der Waals surface area contributed by atoms with E-state index in [1.165, 1.54) is 11.3 Å². The van der Waals surface area contributed by atoms with E-state index in [1.807, 2.05) is 52.1 Å². The van der Waals surface area contributed by atoms with Crippen LogP contribution in [-0.4, -0.2) is 34.8 Å². The van der Waals surface area contributed by atoms with Crippen LogP contribution in [0.1, 0.15) is 34.6 Å². The Balaban J connectivity index is 2.03. The number of halogens is 2. The molecular weight excluding hydrogens is 490 g/mol. The minimum atomic E-state index is -0.594. The Hall–Kier alpha value is -1.90. The molecule has 0 aliphatic heterocycles. The molecule has 6 nitrogen and oxygen atoms in total. The molecule has 0 bridgehead atoms. The SMILES string of the molecule is COc1ccc2c(Cl)cc(-c3csc(N(C(=O)OC(C)(C)C)C(C)C)n3)nc2c1Br. The highest BCUT2D eigenvalue weighted by Crippen LogP contribution is 2.38. The Bertz CT molecular complexity index is 1100. The first-order valence-electron chi connectivity index (χ1n) is 9.32. The zero-order valence-electron chi connectivity index (χ0n) is 17.6. The van der Waals surface area contributed by atoms with Crippen LogP contribution in [0.2, 0.25) is 5.02 Å². The van der Waals surface area contributed by atoms with Gasteiger partial charge >= 0.3 is 6.09 Å². The fourth-order valence-corrected chi connectivity index (χ4v) is 4.59. The summed E-state index contributed by atoms with van der Waals surface area (Å²) in [5, 5.41) is 3.76. The monoisotopic (exact) mass is 511 g/mol. The van der Waals surface area contributed by atoms with E-state index < -0.39 is 11.7 Å². The summed E-state index contributed by atoms with van der Waals surface area (Å²) in [4.78, 5) is 23.6. The molecular formula is C21H23BrClN3O3S. The molecule has 0 aliphatic carbocycles. The molecule has 0 fully saturated rings. The van der Waals surface area contributed by atoms with Crippen molar-refractivity contribution in [3.8, 4) is 17.1 Å². The van der Waals surface area contributed by atoms with Gasteiger partial charge in [-0.25, -0.2) is 14.8 Å². The number of rotatable bonds is 4. The van der Waals surface area contributed by atoms with Gasteiger partial charge < -0.3 is 9.47 Å². The third-order valence-corrected chi connectivity index (χ3v) is 6.04. The highest BCUT2D eigenvalue weighted by Gasteiger charge is 2.28. The number of ether oxygens (including phenoxy) is 2. The first kappa shape index (κ1) is 22.8. The van der Waals surface area contributed by atoms with Gasteiger partial charge in [0.2, 0.25) is 0 Å². The van der Waals surface area contributed by atoms with Crippen LogP contribution >= 0.6 is 38.9 Å². The molecule has 1 aromatic carbocycles. The predicted octanol–water partition coefficient (Wildman–Crippen LogP) is 6.93. The predicted molar refractivity (Wildman–Crippen MR) is 126 cm³/mol. The molecule has 0 aliphatic rings. The number of nitrogens with zero attached hydrogens (tertiary/aromatic N) is 3. The summed E-state index contributed by atoms with van der Waals surface area (Å²) in [7, 11) is 1.60. The number of thiazole rings is 1. The first-order chi connectivity index (χ1) is 14.0. The van der Waals surface area contributed by atoms with Gasteiger partial charge in [-0.15, -0.1) is 11.3 Å². The minimum absolute atomic E-state index is 0.120. The maximum atomic E-state index is 12.7. The minimum Gasteiger partial charge on any atom is -0.495 e. The van der Waals surface area contributed by atoms with Crippen molar-refractivity contribution >= 4 is 61.0 Å². The van der Waals surface area contributed by atoms with Crippen LogP contribution < -0.4 is 9.64 Å². The number of carbonyl (C=O) groups excluding carboxylic acids is 1. The fraction of sp³-hybridized carbons (Fsp3) is 0.381. The zero-order valence-corrected chi connectivity index (χ0v) is 20.8. The third kappa shape index (κ3) is 4.71. The highest BCUT2D eigenvalue weighted by atomic mass is 79.9. The van der Waals surface area contributed by atoms with Crippen molar-refractivity contribution in [2.75, 3.05) is 12.0 Å². The summed E-state index contributed by atoms with van der Waals surface area (Å²) in [6.45, 7) is 9.34. The molecule has 3 rings (SSSR count). The van der Waals surface area contributed by atoms with Gasteiger partial charge in [-0.3, -0.25) is 4.90 Å². The maximum absolute atomic E-state index is 12.7. The van der Waals surface area contributed by atoms with Crippen LogP contribution in [0.25, 0.3) is 22.3 Å². The molecule has 3 aromatic rings. The number of fused-ring (bicyclic) bond motifs is 1. The molecule has 0 saturated carbocycles. The van der Waals surface area contributed by atoms with Crippen molar-refractivity contribution in [2.45, 2.75) is 46.3 Å². The number of hydrogen-bond acceptors (Lipinski definition) is 6. The number of pyridine rings is 1. The molecule has 2 aromatic heterocycles. The van der Waals surface area contributed by atoms with E-state index >= 15 is 0 Å². The van der Waals surface area contributed by atoms with Crippen LogP contribution in [0.4, 0.5) is 9.93 Å². The fourth-order valence-electron chi connectivity index (χ4n) is 2.80. The second kappa shape index (κ2) is 8.69. The molecule has 0 saturated heterocycles. The van der Waals surface area contributed by atoms with Gasteiger partial charge in [0.1, 0.15) is 17.0 Å². The third-order valence-electron chi connectivity index (χ3n) is 4.12. The summed E-state index contributed by atoms with van der Waals surface area (Å²) < 4.78 is 11.6. The zero-order chi connectivity index (χ0) is 22.2. The van der Waals surface area contributed by atoms with Gasteiger partial charge in [-0.2, -0.15) is 0 Å². The number of methoxy groups -OCH3 is 1. The number of benzene rings is 1. The Morgan fingerprint density at radius 2 is 1.93 bits per heavy atom. The molecule has 1 amide bonds. The van der Waals surface area contributed by atoms with Crippen molar-refractivity contribution in [1.82, 2.24) is 9.97 Å². The maximum Gasteiger partial charge on any atom is 0.416 e. The van der Waals surface area contributed by atoms with Crippen molar-refractivity contribution in [2.24, 2.45) is 0 Å². The lowest BCUT2D eigenvalue weighted by molar-refractivity contribution is 0.0570. The molecule has 0 radical (unpaired) electrons. The second-order valence-electron chi connectivity index (χ2n) is 7.93. The van der Waals surface area contributed by atoms with E-state index in [4.69, 9.17) is 26.1 Å². The molecule has 0 spiro atoms. The molecule has 0 unspecified atom stereocenters. The number of hydrogen-bond donors (Lipinski definition) is 0. The quantitative estimate of drug-likeness (QED) is 0.379. The van der Waals surface area contributed by atoms with E-state index in [9.17, 15) is 4.79 Å². The van der Waals surface area contributed by atoms with Crippen LogP contribution in [0.15, 0.2) is 28.1 Å². The summed E-state index contributed by atoms with van der Waals surface area (Å²) in [5.41, 5.74) is 1.32. The van der Waals surface area contributed by atoms with E-state index in [-0.39, 0.29) is 6.04 Å². The van der Waals surface area contributed by atoms with Gasteiger partial charge in [-0.1, -0.05) is 11.6 Å². The van der Waals surface area contributed by atoms with Crippen LogP contribution in [0, 0.1) is 0 Å². The second-order valence-corrected chi connectivity index (χ2v) is 9.96. The average molecular weight is 513 g/mol. The van der Waals surface area contributed by atoms with E-state index in [2.05, 4.69) is 20.9 Å². The Labute approximate surface area is 193 Å². The molecule has 9 heteroatoms. The molecule has 160 valence electrons. The molecule has 0 N–H and O–H groups in total. The van der Waals surface area contributed by atoms with Crippen LogP contribution in [0.3, 0.4) is 0 Å². The topological polar surface area (TPSA) is 64.5 Å². The van der Waals surface area contributed by atoms with E-state index in [0.717, 1.165) is 9.86 Å². The van der Waals surface area contributed by atoms with Crippen LogP contribution in [0.5, 0.6) is 5.75 Å². The molecule has 2 heterocycles. The van der Waals surface area contributed by atoms with Gasteiger partial charge in [-0.05, 0) is 68.7 Å². The van der Waals surface area contributed by atoms with Gasteiger partial charge in [0, 0.05) is 16.8 Å². The Morgan fingerprint density at radius 3 is 2.53 bits per heavy atom. The normalized spacial score (nSPS) is 11.8. The largest absolute Gasteiger partial charge is 0.495 e. The number of aromatic nitrogens is 2. The Morgan fingerprint density at radius 1 is 1.23 bits per heavy atom. The highest BCUT2D eigenvalue weighted by molar-refractivity contribution is 9.10. The van der Waals surface area contributed by atoms with Gasteiger partial charge in [0.15, 0.2) is 5.13 Å². The lowest BCUT2D eigenvalue weighted by Gasteiger charge is -2.28. The average Bonchev–Trinajstić information content (AvgIpc) is 3.10. The lowest BCUT2D eigenvalue weighted by Crippen LogP contribution is -2.41. The standard InChI is InChI=1S/C21H23BrClN3O3S/c1-11(2)26(20(27)29-21(3,4)5)19-25-15(10-30-19)14-9-13(23)12-7-8-16(28-6)17(22)18(12)24-14/h7-11H,1-6H3. The summed E-state index contributed by atoms with van der Waals surface area (Å²) in [5.74, 6) is 0.665. The van der Waals surface area contributed by atoms with Crippen LogP contribution in [-0.2, 0) is 4.74 Å². The summed E-state index contributed by atoms with van der Waals surface area (Å²) in [6, 6.07) is 5.36. The molecule has 0 atom stereocenters. The van der Waals surface area contributed by atoms with Crippen molar-refractivity contribution in [3.05, 3.63) is 33.1 Å². The lowest BCUT2D eigenvalue weighted by atomic mass is 10.1. The molecule has 30 heavy (non-hydrogen) atoms. The van der Waals surface area contributed by atoms with Crippen molar-refractivity contribution in [1.29, 1.82) is 0 Å². The van der Waals surface area contributed by atoms with Gasteiger partial charge in [0.05, 0.1) is 27.8 Å². The summed E-state index contributed by atoms with van der Waals surface area (Å²) in [6.07, 6.45) is -0.435. The number of amides is 1. The number of anilines is 1. The van der Waals surface area contributed by atoms with Gasteiger partial charge in [0.25, 0.3) is 0 Å². The van der Waals surface area contributed by atoms with Crippen molar-refractivity contribution in [3.63, 3.8) is 0 Å². The van der Waals surface area contributed by atoms with E-state index in [1.54, 1.807) is 18.1 Å². The first-order valence-corrected chi connectivity index (χ1v) is 11.4. The Kier molecular flexibility index (Phi) is 6.60. The van der Waals surface area contributed by atoms with E-state index in [0.29, 0.717) is 32.8 Å². The van der Waals surface area contributed by atoms with Crippen molar-refractivity contribution < 1.29 is 14.3 Å². The smallest absolute Gasteiger partial charge is 0.416 e.